The van der Waals surface area contributed by atoms with Gasteiger partial charge in [-0.25, -0.2) is 0 Å². The molecule has 0 saturated carbocycles. The minimum Gasteiger partial charge on any atom is -0.488 e. The molecule has 0 atom stereocenters. The summed E-state index contributed by atoms with van der Waals surface area (Å²) in [6.45, 7) is 1.42. The molecule has 1 aromatic rings. The summed E-state index contributed by atoms with van der Waals surface area (Å²) in [4.78, 5) is 0. The fourth-order valence-electron chi connectivity index (χ4n) is 1.46. The SMILES string of the molecule is C1=CC12COc1ccccc1OC2. The smallest absolute Gasteiger partial charge is 0.161 e. The topological polar surface area (TPSA) is 18.5 Å². The summed E-state index contributed by atoms with van der Waals surface area (Å²) in [5.74, 6) is 1.71. The molecule has 2 heteroatoms. The average Bonchev–Trinajstić information content (AvgIpc) is 2.96. The summed E-state index contributed by atoms with van der Waals surface area (Å²) in [5, 5.41) is 0. The van der Waals surface area contributed by atoms with Crippen molar-refractivity contribution >= 4 is 0 Å². The van der Waals surface area contributed by atoms with E-state index in [1.807, 2.05) is 24.3 Å². The van der Waals surface area contributed by atoms with Gasteiger partial charge in [-0.05, 0) is 12.1 Å². The molecule has 0 radical (unpaired) electrons. The Bertz CT molecular complexity index is 333. The maximum atomic E-state index is 5.64. The van der Waals surface area contributed by atoms with Crippen LogP contribution in [0.2, 0.25) is 0 Å². The molecule has 2 aliphatic rings. The highest BCUT2D eigenvalue weighted by molar-refractivity contribution is 5.42. The number of fused-ring (bicyclic) bond motifs is 1. The highest BCUT2D eigenvalue weighted by Gasteiger charge is 2.38. The molecule has 1 aliphatic carbocycles. The predicted octanol–water partition coefficient (Wildman–Crippen LogP) is 2.01. The van der Waals surface area contributed by atoms with E-state index in [0.717, 1.165) is 11.5 Å². The second-order valence-corrected chi connectivity index (χ2v) is 3.59. The molecule has 1 aliphatic heterocycles. The maximum Gasteiger partial charge on any atom is 0.161 e. The Hall–Kier alpha value is -1.44. The number of benzene rings is 1. The summed E-state index contributed by atoms with van der Waals surface area (Å²) in [5.41, 5.74) is 0.0962. The van der Waals surface area contributed by atoms with Crippen LogP contribution in [0.4, 0.5) is 0 Å². The molecule has 0 saturated heterocycles. The Kier molecular flexibility index (Phi) is 1.23. The first-order chi connectivity index (χ1) is 6.38. The Morgan fingerprint density at radius 2 is 1.46 bits per heavy atom. The van der Waals surface area contributed by atoms with Gasteiger partial charge in [0.05, 0.1) is 5.41 Å². The Morgan fingerprint density at radius 1 is 0.923 bits per heavy atom. The van der Waals surface area contributed by atoms with Crippen molar-refractivity contribution in [2.75, 3.05) is 13.2 Å². The van der Waals surface area contributed by atoms with Gasteiger partial charge in [-0.1, -0.05) is 24.3 Å². The van der Waals surface area contributed by atoms with Gasteiger partial charge in [0.1, 0.15) is 13.2 Å². The molecule has 1 heterocycles. The third kappa shape index (κ3) is 1.10. The van der Waals surface area contributed by atoms with Crippen LogP contribution in [-0.4, -0.2) is 13.2 Å². The highest BCUT2D eigenvalue weighted by Crippen LogP contribution is 2.40. The van der Waals surface area contributed by atoms with E-state index in [9.17, 15) is 0 Å². The number of hydrogen-bond acceptors (Lipinski definition) is 2. The average molecular weight is 174 g/mol. The van der Waals surface area contributed by atoms with E-state index < -0.39 is 0 Å². The highest BCUT2D eigenvalue weighted by atomic mass is 16.5. The molecule has 0 aromatic heterocycles. The van der Waals surface area contributed by atoms with Gasteiger partial charge in [0, 0.05) is 0 Å². The molecular formula is C11H10O2. The third-order valence-electron chi connectivity index (χ3n) is 2.48. The molecule has 66 valence electrons. The molecule has 1 aromatic carbocycles. The van der Waals surface area contributed by atoms with E-state index in [2.05, 4.69) is 12.2 Å². The summed E-state index contributed by atoms with van der Waals surface area (Å²) in [6, 6.07) is 7.80. The van der Waals surface area contributed by atoms with Gasteiger partial charge in [0.2, 0.25) is 0 Å². The molecule has 0 amide bonds. The third-order valence-corrected chi connectivity index (χ3v) is 2.48. The number of hydrogen-bond donors (Lipinski definition) is 0. The first kappa shape index (κ1) is 7.01. The summed E-state index contributed by atoms with van der Waals surface area (Å²) in [6.07, 6.45) is 4.28. The van der Waals surface area contributed by atoms with E-state index in [1.165, 1.54) is 0 Å². The van der Waals surface area contributed by atoms with Crippen LogP contribution in [0.1, 0.15) is 0 Å². The predicted molar refractivity (Wildman–Crippen MR) is 49.0 cm³/mol. The molecule has 0 bridgehead atoms. The van der Waals surface area contributed by atoms with E-state index in [1.54, 1.807) is 0 Å². The Balaban J connectivity index is 1.92. The van der Waals surface area contributed by atoms with Crippen molar-refractivity contribution in [3.05, 3.63) is 36.4 Å². The normalized spacial score (nSPS) is 21.2. The molecule has 0 fully saturated rings. The number of ether oxygens (including phenoxy) is 2. The van der Waals surface area contributed by atoms with Crippen molar-refractivity contribution < 1.29 is 9.47 Å². The van der Waals surface area contributed by atoms with Crippen LogP contribution in [0.15, 0.2) is 36.4 Å². The summed E-state index contributed by atoms with van der Waals surface area (Å²) < 4.78 is 11.3. The van der Waals surface area contributed by atoms with E-state index >= 15 is 0 Å². The molecule has 13 heavy (non-hydrogen) atoms. The van der Waals surface area contributed by atoms with Gasteiger partial charge in [-0.15, -0.1) is 0 Å². The van der Waals surface area contributed by atoms with Crippen molar-refractivity contribution in [2.24, 2.45) is 5.41 Å². The van der Waals surface area contributed by atoms with Crippen molar-refractivity contribution in [3.8, 4) is 11.5 Å². The second-order valence-electron chi connectivity index (χ2n) is 3.59. The quantitative estimate of drug-likeness (QED) is 0.560. The van der Waals surface area contributed by atoms with Crippen LogP contribution in [0.3, 0.4) is 0 Å². The summed E-state index contributed by atoms with van der Waals surface area (Å²) >= 11 is 0. The number of rotatable bonds is 0. The first-order valence-electron chi connectivity index (χ1n) is 4.43. The zero-order valence-electron chi connectivity index (χ0n) is 7.19. The van der Waals surface area contributed by atoms with E-state index in [-0.39, 0.29) is 5.41 Å². The summed E-state index contributed by atoms with van der Waals surface area (Å²) in [7, 11) is 0. The fraction of sp³-hybridized carbons (Fsp3) is 0.273. The second kappa shape index (κ2) is 2.28. The van der Waals surface area contributed by atoms with Crippen LogP contribution in [-0.2, 0) is 0 Å². The maximum absolute atomic E-state index is 5.64. The van der Waals surface area contributed by atoms with E-state index in [4.69, 9.17) is 9.47 Å². The molecular weight excluding hydrogens is 164 g/mol. The van der Waals surface area contributed by atoms with Gasteiger partial charge in [-0.3, -0.25) is 0 Å². The molecule has 0 N–H and O–H groups in total. The zero-order valence-corrected chi connectivity index (χ0v) is 7.19. The van der Waals surface area contributed by atoms with Crippen LogP contribution < -0.4 is 9.47 Å². The van der Waals surface area contributed by atoms with Crippen LogP contribution in [0.25, 0.3) is 0 Å². The van der Waals surface area contributed by atoms with Gasteiger partial charge in [0.25, 0.3) is 0 Å². The molecule has 2 nitrogen and oxygen atoms in total. The fourth-order valence-corrected chi connectivity index (χ4v) is 1.46. The lowest BCUT2D eigenvalue weighted by Gasteiger charge is -2.09. The van der Waals surface area contributed by atoms with Gasteiger partial charge < -0.3 is 9.47 Å². The lowest BCUT2D eigenvalue weighted by Crippen LogP contribution is -2.19. The largest absolute Gasteiger partial charge is 0.488 e. The molecule has 1 spiro atoms. The van der Waals surface area contributed by atoms with Crippen LogP contribution in [0, 0.1) is 5.41 Å². The lowest BCUT2D eigenvalue weighted by molar-refractivity contribution is 0.217. The van der Waals surface area contributed by atoms with Crippen molar-refractivity contribution in [1.29, 1.82) is 0 Å². The Labute approximate surface area is 76.8 Å². The van der Waals surface area contributed by atoms with Crippen molar-refractivity contribution in [2.45, 2.75) is 0 Å². The van der Waals surface area contributed by atoms with Crippen molar-refractivity contribution in [3.63, 3.8) is 0 Å². The minimum absolute atomic E-state index is 0.0962. The monoisotopic (exact) mass is 174 g/mol. The zero-order chi connectivity index (χ0) is 8.73. The van der Waals surface area contributed by atoms with Crippen molar-refractivity contribution in [1.82, 2.24) is 0 Å². The Morgan fingerprint density at radius 3 is 1.92 bits per heavy atom. The molecule has 0 unspecified atom stereocenters. The van der Waals surface area contributed by atoms with E-state index in [0.29, 0.717) is 13.2 Å². The lowest BCUT2D eigenvalue weighted by atomic mass is 10.1. The van der Waals surface area contributed by atoms with Gasteiger partial charge >= 0.3 is 0 Å². The number of para-hydroxylation sites is 2. The van der Waals surface area contributed by atoms with Gasteiger partial charge in [-0.2, -0.15) is 0 Å². The van der Waals surface area contributed by atoms with Crippen LogP contribution >= 0.6 is 0 Å². The first-order valence-corrected chi connectivity index (χ1v) is 4.43. The van der Waals surface area contributed by atoms with Crippen LogP contribution in [0.5, 0.6) is 11.5 Å². The molecule has 3 rings (SSSR count). The standard InChI is InChI=1S/C11H10O2/c1-2-4-10-9(3-1)12-7-11(5-6-11)8-13-10/h1-6H,7-8H2. The minimum atomic E-state index is 0.0962. The van der Waals surface area contributed by atoms with Gasteiger partial charge in [0.15, 0.2) is 11.5 Å².